The molecule has 0 spiro atoms. The molecule has 7 nitrogen and oxygen atoms in total. The van der Waals surface area contributed by atoms with Crippen molar-refractivity contribution >= 4 is 39.4 Å². The molecule has 1 aromatic heterocycles. The number of nitrogens with one attached hydrogen (secondary N) is 1. The molecule has 0 aliphatic heterocycles. The predicted molar refractivity (Wildman–Crippen MR) is 134 cm³/mol. The lowest BCUT2D eigenvalue weighted by Gasteiger charge is -2.22. The van der Waals surface area contributed by atoms with Gasteiger partial charge in [-0.25, -0.2) is 13.8 Å². The first-order chi connectivity index (χ1) is 15.5. The lowest BCUT2D eigenvalue weighted by atomic mass is 10.1. The number of rotatable bonds is 7. The smallest absolute Gasteiger partial charge is 0.260 e. The van der Waals surface area contributed by atoms with Gasteiger partial charge < -0.3 is 4.57 Å². The number of carbonyl (C=O) groups is 1. The number of para-hydroxylation sites is 1. The Kier molecular flexibility index (Phi) is 7.29. The van der Waals surface area contributed by atoms with Gasteiger partial charge in [-0.15, -0.1) is 0 Å². The maximum absolute atomic E-state index is 12.4. The van der Waals surface area contributed by atoms with Crippen molar-refractivity contribution in [1.82, 2.24) is 9.99 Å². The van der Waals surface area contributed by atoms with E-state index in [0.717, 1.165) is 33.2 Å². The number of amides is 1. The number of benzene rings is 2. The number of sulfonamides is 1. The fraction of sp³-hybridized carbons (Fsp3) is 0.250. The molecule has 0 bridgehead atoms. The summed E-state index contributed by atoms with van der Waals surface area (Å²) in [6, 6.07) is 14.7. The Morgan fingerprint density at radius 3 is 2.42 bits per heavy atom. The Labute approximate surface area is 199 Å². The fourth-order valence-corrected chi connectivity index (χ4v) is 4.71. The lowest BCUT2D eigenvalue weighted by Crippen LogP contribution is -2.39. The third-order valence-electron chi connectivity index (χ3n) is 5.42. The van der Waals surface area contributed by atoms with E-state index >= 15 is 0 Å². The highest BCUT2D eigenvalue weighted by Gasteiger charge is 2.22. The van der Waals surface area contributed by atoms with Crippen molar-refractivity contribution in [3.63, 3.8) is 0 Å². The van der Waals surface area contributed by atoms with E-state index in [1.807, 2.05) is 19.9 Å². The molecule has 0 aliphatic carbocycles. The van der Waals surface area contributed by atoms with Gasteiger partial charge in [0.25, 0.3) is 5.91 Å². The number of halogens is 1. The zero-order valence-corrected chi connectivity index (χ0v) is 20.8. The second-order valence-corrected chi connectivity index (χ2v) is 10.3. The van der Waals surface area contributed by atoms with E-state index in [9.17, 15) is 13.2 Å². The molecule has 9 heteroatoms. The van der Waals surface area contributed by atoms with Crippen LogP contribution in [-0.2, 0) is 14.8 Å². The van der Waals surface area contributed by atoms with Crippen LogP contribution in [0.15, 0.2) is 53.6 Å². The van der Waals surface area contributed by atoms with Gasteiger partial charge in [0, 0.05) is 22.6 Å². The second-order valence-electron chi connectivity index (χ2n) is 7.94. The molecule has 0 saturated heterocycles. The van der Waals surface area contributed by atoms with Gasteiger partial charge in [-0.1, -0.05) is 29.8 Å². The molecular weight excluding hydrogens is 460 g/mol. The molecule has 1 heterocycles. The third-order valence-corrected chi connectivity index (χ3v) is 6.87. The zero-order chi connectivity index (χ0) is 24.3. The topological polar surface area (TPSA) is 83.8 Å². The molecule has 2 aromatic carbocycles. The number of nitrogens with zero attached hydrogens (tertiary/aromatic N) is 3. The molecule has 174 valence electrons. The summed E-state index contributed by atoms with van der Waals surface area (Å²) in [5.74, 6) is -0.584. The van der Waals surface area contributed by atoms with E-state index in [-0.39, 0.29) is 10.7 Å². The largest absolute Gasteiger partial charge is 0.318 e. The van der Waals surface area contributed by atoms with Gasteiger partial charge in [-0.05, 0) is 69.2 Å². The highest BCUT2D eigenvalue weighted by molar-refractivity contribution is 7.92. The first-order valence-corrected chi connectivity index (χ1v) is 12.5. The predicted octanol–water partition coefficient (Wildman–Crippen LogP) is 4.28. The average molecular weight is 487 g/mol. The highest BCUT2D eigenvalue weighted by Crippen LogP contribution is 2.27. The van der Waals surface area contributed by atoms with Crippen molar-refractivity contribution in [3.05, 3.63) is 81.6 Å². The van der Waals surface area contributed by atoms with Crippen LogP contribution in [0.2, 0.25) is 5.02 Å². The zero-order valence-electron chi connectivity index (χ0n) is 19.3. The van der Waals surface area contributed by atoms with E-state index in [4.69, 9.17) is 11.6 Å². The monoisotopic (exact) mass is 486 g/mol. The number of hydrazone groups is 1. The summed E-state index contributed by atoms with van der Waals surface area (Å²) in [5.41, 5.74) is 8.98. The van der Waals surface area contributed by atoms with Gasteiger partial charge in [0.05, 0.1) is 23.2 Å². The molecule has 33 heavy (non-hydrogen) atoms. The van der Waals surface area contributed by atoms with Crippen LogP contribution in [0.5, 0.6) is 0 Å². The van der Waals surface area contributed by atoms with Crippen molar-refractivity contribution < 1.29 is 13.2 Å². The van der Waals surface area contributed by atoms with Crippen molar-refractivity contribution in [2.75, 3.05) is 17.1 Å². The quantitative estimate of drug-likeness (QED) is 0.399. The van der Waals surface area contributed by atoms with Gasteiger partial charge >= 0.3 is 0 Å². The van der Waals surface area contributed by atoms with Crippen molar-refractivity contribution in [2.24, 2.45) is 5.10 Å². The maximum Gasteiger partial charge on any atom is 0.260 e. The Bertz CT molecular complexity index is 1330. The Morgan fingerprint density at radius 2 is 1.79 bits per heavy atom. The van der Waals surface area contributed by atoms with E-state index in [1.54, 1.807) is 30.5 Å². The van der Waals surface area contributed by atoms with Gasteiger partial charge in [0.1, 0.15) is 6.54 Å². The van der Waals surface area contributed by atoms with Crippen LogP contribution < -0.4 is 9.73 Å². The SMILES string of the molecule is Cc1ccc(-n2c(C)cc(/C=N\NC(=O)CN(c3ccccc3Cl)S(C)(=O)=O)c2C)cc1C. The van der Waals surface area contributed by atoms with Crippen molar-refractivity contribution in [1.29, 1.82) is 0 Å². The van der Waals surface area contributed by atoms with Gasteiger partial charge in [0.2, 0.25) is 10.0 Å². The number of hydrogen-bond donors (Lipinski definition) is 1. The van der Waals surface area contributed by atoms with Crippen LogP contribution in [0.4, 0.5) is 5.69 Å². The van der Waals surface area contributed by atoms with Crippen LogP contribution in [0.1, 0.15) is 28.1 Å². The Morgan fingerprint density at radius 1 is 1.09 bits per heavy atom. The number of carbonyl (C=O) groups excluding carboxylic acids is 1. The van der Waals surface area contributed by atoms with Crippen LogP contribution in [0, 0.1) is 27.7 Å². The molecular formula is C24H27ClN4O3S. The summed E-state index contributed by atoms with van der Waals surface area (Å²) >= 11 is 6.13. The number of hydrogen-bond acceptors (Lipinski definition) is 4. The van der Waals surface area contributed by atoms with Crippen molar-refractivity contribution in [3.8, 4) is 5.69 Å². The molecule has 0 unspecified atom stereocenters. The second kappa shape index (κ2) is 9.80. The van der Waals surface area contributed by atoms with Crippen LogP contribution in [0.25, 0.3) is 5.69 Å². The van der Waals surface area contributed by atoms with E-state index < -0.39 is 22.5 Å². The number of anilines is 1. The van der Waals surface area contributed by atoms with E-state index in [2.05, 4.69) is 47.1 Å². The Balaban J connectivity index is 1.76. The highest BCUT2D eigenvalue weighted by atomic mass is 35.5. The molecule has 3 rings (SSSR count). The van der Waals surface area contributed by atoms with Crippen molar-refractivity contribution in [2.45, 2.75) is 27.7 Å². The first kappa shape index (κ1) is 24.5. The van der Waals surface area contributed by atoms with Crippen LogP contribution >= 0.6 is 11.6 Å². The molecule has 1 N–H and O–H groups in total. The minimum Gasteiger partial charge on any atom is -0.318 e. The standard InChI is InChI=1S/C24H27ClN4O3S/c1-16-10-11-21(12-17(16)2)29-18(3)13-20(19(29)4)14-26-27-24(30)15-28(33(5,31)32)23-9-7-6-8-22(23)25/h6-14H,15H2,1-5H3,(H,27,30)/b26-14-. The average Bonchev–Trinajstić information content (AvgIpc) is 3.01. The summed E-state index contributed by atoms with van der Waals surface area (Å²) in [6.07, 6.45) is 2.58. The molecule has 0 saturated carbocycles. The number of aryl methyl sites for hydroxylation is 3. The summed E-state index contributed by atoms with van der Waals surface area (Å²) in [7, 11) is -3.73. The van der Waals surface area contributed by atoms with E-state index in [0.29, 0.717) is 0 Å². The van der Waals surface area contributed by atoms with Crippen LogP contribution in [0.3, 0.4) is 0 Å². The third kappa shape index (κ3) is 5.64. The minimum atomic E-state index is -3.73. The van der Waals surface area contributed by atoms with Gasteiger partial charge in [-0.2, -0.15) is 5.10 Å². The molecule has 3 aromatic rings. The summed E-state index contributed by atoms with van der Waals surface area (Å²) < 4.78 is 27.5. The fourth-order valence-electron chi connectivity index (χ4n) is 3.55. The molecule has 0 radical (unpaired) electrons. The molecule has 0 aliphatic rings. The molecule has 1 amide bonds. The molecule has 0 fully saturated rings. The first-order valence-electron chi connectivity index (χ1n) is 10.3. The lowest BCUT2D eigenvalue weighted by molar-refractivity contribution is -0.119. The maximum atomic E-state index is 12.4. The van der Waals surface area contributed by atoms with Gasteiger partial charge in [0.15, 0.2) is 0 Å². The Hall–Kier alpha value is -3.10. The number of aromatic nitrogens is 1. The van der Waals surface area contributed by atoms with Crippen LogP contribution in [-0.4, -0.2) is 37.9 Å². The summed E-state index contributed by atoms with van der Waals surface area (Å²) in [6.45, 7) is 7.70. The molecule has 0 atom stereocenters. The van der Waals surface area contributed by atoms with Gasteiger partial charge in [-0.3, -0.25) is 9.10 Å². The minimum absolute atomic E-state index is 0.234. The summed E-state index contributed by atoms with van der Waals surface area (Å²) in [4.78, 5) is 12.4. The summed E-state index contributed by atoms with van der Waals surface area (Å²) in [5, 5.41) is 4.28. The van der Waals surface area contributed by atoms with E-state index in [1.165, 1.54) is 11.1 Å². The normalized spacial score (nSPS) is 11.7.